The van der Waals surface area contributed by atoms with E-state index < -0.39 is 15.8 Å². The maximum absolute atomic E-state index is 13.9. The van der Waals surface area contributed by atoms with Crippen molar-refractivity contribution in [3.05, 3.63) is 64.3 Å². The Balaban J connectivity index is 1.81. The molecule has 2 N–H and O–H groups in total. The molecule has 25 heavy (non-hydrogen) atoms. The van der Waals surface area contributed by atoms with Crippen LogP contribution in [-0.4, -0.2) is 18.4 Å². The number of rotatable bonds is 3. The highest BCUT2D eigenvalue weighted by Crippen LogP contribution is 2.27. The number of hydrogen-bond donors (Lipinski definition) is 2. The summed E-state index contributed by atoms with van der Waals surface area (Å²) in [6.07, 6.45) is 2.69. The monoisotopic (exact) mass is 375 g/mol. The lowest BCUT2D eigenvalue weighted by molar-refractivity contribution is 0.601. The van der Waals surface area contributed by atoms with Gasteiger partial charge in [0.25, 0.3) is 10.0 Å². The summed E-state index contributed by atoms with van der Waals surface area (Å²) in [5.74, 6) is -0.542. The zero-order chi connectivity index (χ0) is 17.6. The molecule has 0 atom stereocenters. The molecule has 0 spiro atoms. The van der Waals surface area contributed by atoms with E-state index in [0.29, 0.717) is 11.2 Å². The average Bonchev–Trinajstić information content (AvgIpc) is 2.94. The quantitative estimate of drug-likeness (QED) is 0.576. The normalized spacial score (nSPS) is 11.9. The number of thiazole rings is 1. The molecule has 0 saturated carbocycles. The van der Waals surface area contributed by atoms with Gasteiger partial charge in [0.05, 0.1) is 20.8 Å². The standard InChI is InChI=1S/C16H10FN3O3S2/c17-12-2-4-15(10-5-6-18-8-11(10)12)25(22,23)20-9-1-3-14-13(7-9)19-16(21)24-14/h1-8,20H,(H,19,21). The largest absolute Gasteiger partial charge is 0.312 e. The van der Waals surface area contributed by atoms with E-state index in [-0.39, 0.29) is 20.5 Å². The second-order valence-electron chi connectivity index (χ2n) is 5.30. The number of fused-ring (bicyclic) bond motifs is 2. The number of sulfonamides is 1. The van der Waals surface area contributed by atoms with E-state index in [0.717, 1.165) is 22.1 Å². The first-order chi connectivity index (χ1) is 11.9. The molecule has 2 aromatic carbocycles. The molecule has 0 fully saturated rings. The van der Waals surface area contributed by atoms with Crippen molar-refractivity contribution >= 4 is 48.0 Å². The van der Waals surface area contributed by atoms with Crippen LogP contribution in [0.2, 0.25) is 0 Å². The highest BCUT2D eigenvalue weighted by molar-refractivity contribution is 7.93. The van der Waals surface area contributed by atoms with Crippen LogP contribution in [0.5, 0.6) is 0 Å². The number of aromatic amines is 1. The van der Waals surface area contributed by atoms with Crippen molar-refractivity contribution in [3.8, 4) is 0 Å². The van der Waals surface area contributed by atoms with Crippen LogP contribution >= 0.6 is 11.3 Å². The van der Waals surface area contributed by atoms with Crippen molar-refractivity contribution in [1.29, 1.82) is 0 Å². The van der Waals surface area contributed by atoms with E-state index in [1.54, 1.807) is 12.1 Å². The van der Waals surface area contributed by atoms with E-state index in [2.05, 4.69) is 14.7 Å². The van der Waals surface area contributed by atoms with Crippen LogP contribution in [-0.2, 0) is 10.0 Å². The summed E-state index contributed by atoms with van der Waals surface area (Å²) in [6.45, 7) is 0. The van der Waals surface area contributed by atoms with Gasteiger partial charge in [-0.1, -0.05) is 11.3 Å². The smallest absolute Gasteiger partial charge is 0.305 e. The average molecular weight is 375 g/mol. The van der Waals surface area contributed by atoms with Gasteiger partial charge in [0.1, 0.15) is 5.82 Å². The minimum absolute atomic E-state index is 0.0507. The summed E-state index contributed by atoms with van der Waals surface area (Å²) in [5.41, 5.74) is 0.844. The van der Waals surface area contributed by atoms with Gasteiger partial charge in [0, 0.05) is 23.2 Å². The summed E-state index contributed by atoms with van der Waals surface area (Å²) in [5, 5.41) is 0.371. The fraction of sp³-hybridized carbons (Fsp3) is 0. The first kappa shape index (κ1) is 15.7. The van der Waals surface area contributed by atoms with E-state index in [9.17, 15) is 17.6 Å². The zero-order valence-electron chi connectivity index (χ0n) is 12.5. The van der Waals surface area contributed by atoms with Gasteiger partial charge in [0.15, 0.2) is 0 Å². The van der Waals surface area contributed by atoms with Crippen molar-refractivity contribution < 1.29 is 12.8 Å². The van der Waals surface area contributed by atoms with Crippen LogP contribution < -0.4 is 9.60 Å². The van der Waals surface area contributed by atoms with Crippen LogP contribution in [0.15, 0.2) is 58.5 Å². The molecule has 0 aliphatic rings. The molecule has 0 saturated heterocycles. The Morgan fingerprint density at radius 2 is 1.96 bits per heavy atom. The number of aromatic nitrogens is 2. The van der Waals surface area contributed by atoms with E-state index in [4.69, 9.17) is 0 Å². The number of anilines is 1. The lowest BCUT2D eigenvalue weighted by Crippen LogP contribution is -2.13. The third-order valence-electron chi connectivity index (χ3n) is 3.69. The fourth-order valence-electron chi connectivity index (χ4n) is 2.59. The third kappa shape index (κ3) is 2.77. The van der Waals surface area contributed by atoms with Crippen molar-refractivity contribution in [1.82, 2.24) is 9.97 Å². The minimum Gasteiger partial charge on any atom is -0.312 e. The van der Waals surface area contributed by atoms with Gasteiger partial charge in [-0.2, -0.15) is 0 Å². The molecule has 9 heteroatoms. The van der Waals surface area contributed by atoms with E-state index in [1.807, 2.05) is 0 Å². The number of hydrogen-bond acceptors (Lipinski definition) is 5. The summed E-state index contributed by atoms with van der Waals surface area (Å²) in [7, 11) is -3.95. The predicted octanol–water partition coefficient (Wildman–Crippen LogP) is 3.08. The second kappa shape index (κ2) is 5.64. The molecule has 0 aliphatic carbocycles. The first-order valence-electron chi connectivity index (χ1n) is 7.12. The van der Waals surface area contributed by atoms with Crippen molar-refractivity contribution in [3.63, 3.8) is 0 Å². The molecule has 0 aliphatic heterocycles. The molecule has 6 nitrogen and oxygen atoms in total. The summed E-state index contributed by atoms with van der Waals surface area (Å²) in [4.78, 5) is 17.6. The number of nitrogens with one attached hydrogen (secondary N) is 2. The molecule has 4 aromatic rings. The molecule has 2 heterocycles. The number of H-pyrrole nitrogens is 1. The van der Waals surface area contributed by atoms with Crippen LogP contribution in [0.25, 0.3) is 21.0 Å². The Bertz CT molecular complexity index is 1280. The Morgan fingerprint density at radius 3 is 2.80 bits per heavy atom. The number of halogens is 1. The molecule has 126 valence electrons. The van der Waals surface area contributed by atoms with Gasteiger partial charge >= 0.3 is 4.87 Å². The van der Waals surface area contributed by atoms with Crippen molar-refractivity contribution in [2.24, 2.45) is 0 Å². The Hall–Kier alpha value is -2.78. The van der Waals surface area contributed by atoms with Crippen LogP contribution in [0.4, 0.5) is 10.1 Å². The van der Waals surface area contributed by atoms with Crippen LogP contribution in [0, 0.1) is 5.82 Å². The molecule has 4 rings (SSSR count). The maximum atomic E-state index is 13.9. The number of nitrogens with zero attached hydrogens (tertiary/aromatic N) is 1. The summed E-state index contributed by atoms with van der Waals surface area (Å²) < 4.78 is 42.5. The van der Waals surface area contributed by atoms with Gasteiger partial charge in [-0.25, -0.2) is 12.8 Å². The van der Waals surface area contributed by atoms with Gasteiger partial charge in [-0.05, 0) is 36.4 Å². The van der Waals surface area contributed by atoms with E-state index >= 15 is 0 Å². The lowest BCUT2D eigenvalue weighted by atomic mass is 10.2. The highest BCUT2D eigenvalue weighted by Gasteiger charge is 2.19. The molecule has 0 bridgehead atoms. The second-order valence-corrected chi connectivity index (χ2v) is 7.96. The molecule has 2 aromatic heterocycles. The zero-order valence-corrected chi connectivity index (χ0v) is 14.1. The van der Waals surface area contributed by atoms with Gasteiger partial charge in [-0.15, -0.1) is 0 Å². The molecular weight excluding hydrogens is 365 g/mol. The SMILES string of the molecule is O=c1[nH]c2cc(NS(=O)(=O)c3ccc(F)c4cnccc34)ccc2s1. The van der Waals surface area contributed by atoms with Crippen LogP contribution in [0.1, 0.15) is 0 Å². The van der Waals surface area contributed by atoms with Gasteiger partial charge in [-0.3, -0.25) is 14.5 Å². The topological polar surface area (TPSA) is 91.9 Å². The molecular formula is C16H10FN3O3S2. The van der Waals surface area contributed by atoms with Crippen molar-refractivity contribution in [2.75, 3.05) is 4.72 Å². The molecule has 0 radical (unpaired) electrons. The maximum Gasteiger partial charge on any atom is 0.305 e. The number of pyridine rings is 1. The summed E-state index contributed by atoms with van der Waals surface area (Å²) >= 11 is 1.04. The Labute approximate surface area is 145 Å². The fourth-order valence-corrected chi connectivity index (χ4v) is 4.57. The summed E-state index contributed by atoms with van der Waals surface area (Å²) in [6, 6.07) is 8.52. The molecule has 0 amide bonds. The molecule has 0 unspecified atom stereocenters. The number of benzene rings is 2. The minimum atomic E-state index is -3.95. The van der Waals surface area contributed by atoms with Crippen molar-refractivity contribution in [2.45, 2.75) is 4.90 Å². The van der Waals surface area contributed by atoms with Crippen LogP contribution in [0.3, 0.4) is 0 Å². The van der Waals surface area contributed by atoms with E-state index in [1.165, 1.54) is 30.6 Å². The Morgan fingerprint density at radius 1 is 1.12 bits per heavy atom. The lowest BCUT2D eigenvalue weighted by Gasteiger charge is -2.11. The first-order valence-corrected chi connectivity index (χ1v) is 9.42. The van der Waals surface area contributed by atoms with Gasteiger partial charge in [0.2, 0.25) is 0 Å². The third-order valence-corrected chi connectivity index (χ3v) is 5.99. The predicted molar refractivity (Wildman–Crippen MR) is 95.0 cm³/mol. The highest BCUT2D eigenvalue weighted by atomic mass is 32.2. The van der Waals surface area contributed by atoms with Gasteiger partial charge < -0.3 is 4.98 Å². The Kier molecular flexibility index (Phi) is 3.55.